The van der Waals surface area contributed by atoms with Gasteiger partial charge in [0.15, 0.2) is 5.78 Å². The maximum atomic E-state index is 13.5. The Kier molecular flexibility index (Phi) is 6.07. The SMILES string of the molecule is CNc1ccc(Nc2cc(S(=O)(=O)O)cc(S(=O)(=O)O)c2)c2c1/C(=C\C=O)c1ccccc1C2=O. The first-order chi connectivity index (χ1) is 16.5. The summed E-state index contributed by atoms with van der Waals surface area (Å²) in [6.45, 7) is 0. The molecular weight excluding hydrogens is 496 g/mol. The molecular formula is C23H18N2O8S2. The third-order valence-corrected chi connectivity index (χ3v) is 7.09. The highest BCUT2D eigenvalue weighted by Gasteiger charge is 2.31. The predicted molar refractivity (Wildman–Crippen MR) is 128 cm³/mol. The van der Waals surface area contributed by atoms with Crippen LogP contribution in [0.1, 0.15) is 27.0 Å². The van der Waals surface area contributed by atoms with Gasteiger partial charge in [-0.2, -0.15) is 16.8 Å². The van der Waals surface area contributed by atoms with Crippen molar-refractivity contribution in [3.63, 3.8) is 0 Å². The highest BCUT2D eigenvalue weighted by atomic mass is 32.2. The Hall–Kier alpha value is -3.84. The molecule has 0 heterocycles. The van der Waals surface area contributed by atoms with Crippen LogP contribution in [0.3, 0.4) is 0 Å². The number of hydrogen-bond donors (Lipinski definition) is 4. The van der Waals surface area contributed by atoms with Crippen LogP contribution in [0.15, 0.2) is 70.5 Å². The number of nitrogens with one attached hydrogen (secondary N) is 2. The van der Waals surface area contributed by atoms with Gasteiger partial charge in [0.2, 0.25) is 0 Å². The lowest BCUT2D eigenvalue weighted by Crippen LogP contribution is -2.18. The van der Waals surface area contributed by atoms with Crippen LogP contribution in [0.4, 0.5) is 17.1 Å². The lowest BCUT2D eigenvalue weighted by molar-refractivity contribution is -0.104. The van der Waals surface area contributed by atoms with Crippen molar-refractivity contribution >= 4 is 54.9 Å². The summed E-state index contributed by atoms with van der Waals surface area (Å²) < 4.78 is 65.6. The minimum absolute atomic E-state index is 0.139. The zero-order valence-corrected chi connectivity index (χ0v) is 19.6. The number of carbonyl (C=O) groups excluding carboxylic acids is 2. The fourth-order valence-corrected chi connectivity index (χ4v) is 5.13. The number of ketones is 1. The van der Waals surface area contributed by atoms with Crippen LogP contribution in [-0.2, 0) is 25.0 Å². The molecule has 10 nitrogen and oxygen atoms in total. The summed E-state index contributed by atoms with van der Waals surface area (Å²) in [4.78, 5) is 23.4. The van der Waals surface area contributed by atoms with Gasteiger partial charge in [-0.25, -0.2) is 0 Å². The van der Waals surface area contributed by atoms with Gasteiger partial charge < -0.3 is 10.6 Å². The standard InChI is InChI=1S/C23H18N2O8S2/c1-24-19-6-7-20(25-13-10-14(34(28,29)30)12-15(11-13)35(31,32)33)22-21(19)17(8-9-26)16-4-2-3-5-18(16)23(22)27/h2-12,24-25H,1H3,(H,28,29,30)(H,31,32,33)/b17-8-. The van der Waals surface area contributed by atoms with E-state index < -0.39 is 30.0 Å². The van der Waals surface area contributed by atoms with Gasteiger partial charge in [-0.05, 0) is 47.5 Å². The molecule has 3 aromatic carbocycles. The molecule has 35 heavy (non-hydrogen) atoms. The second kappa shape index (κ2) is 8.74. The first-order valence-electron chi connectivity index (χ1n) is 9.97. The van der Waals surface area contributed by atoms with Gasteiger partial charge in [-0.1, -0.05) is 24.3 Å². The van der Waals surface area contributed by atoms with Crippen LogP contribution in [0.5, 0.6) is 0 Å². The number of hydrogen-bond acceptors (Lipinski definition) is 8. The van der Waals surface area contributed by atoms with E-state index in [4.69, 9.17) is 0 Å². The molecule has 0 fully saturated rings. The maximum absolute atomic E-state index is 13.5. The Balaban J connectivity index is 1.98. The Morgan fingerprint density at radius 1 is 0.800 bits per heavy atom. The normalized spacial score (nSPS) is 14.3. The summed E-state index contributed by atoms with van der Waals surface area (Å²) in [5.74, 6) is -0.390. The Morgan fingerprint density at radius 2 is 1.37 bits per heavy atom. The molecule has 0 aliphatic heterocycles. The maximum Gasteiger partial charge on any atom is 0.294 e. The van der Waals surface area contributed by atoms with E-state index >= 15 is 0 Å². The van der Waals surface area contributed by atoms with E-state index in [1.807, 2.05) is 0 Å². The predicted octanol–water partition coefficient (Wildman–Crippen LogP) is 3.14. The third-order valence-electron chi connectivity index (χ3n) is 5.42. The molecule has 3 aromatic rings. The number of fused-ring (bicyclic) bond motifs is 2. The monoisotopic (exact) mass is 514 g/mol. The van der Waals surface area contributed by atoms with Crippen molar-refractivity contribution in [3.05, 3.63) is 82.9 Å². The van der Waals surface area contributed by atoms with Crippen LogP contribution in [0.25, 0.3) is 5.57 Å². The number of carbonyl (C=O) groups is 2. The highest BCUT2D eigenvalue weighted by molar-refractivity contribution is 7.86. The third kappa shape index (κ3) is 4.47. The molecule has 0 saturated heterocycles. The molecule has 0 atom stereocenters. The van der Waals surface area contributed by atoms with Gasteiger partial charge >= 0.3 is 0 Å². The van der Waals surface area contributed by atoms with E-state index in [2.05, 4.69) is 10.6 Å². The lowest BCUT2D eigenvalue weighted by atomic mass is 9.79. The molecule has 1 aliphatic rings. The molecule has 4 N–H and O–H groups in total. The summed E-state index contributed by atoms with van der Waals surface area (Å²) >= 11 is 0. The lowest BCUT2D eigenvalue weighted by Gasteiger charge is -2.26. The van der Waals surface area contributed by atoms with Crippen LogP contribution in [0.2, 0.25) is 0 Å². The van der Waals surface area contributed by atoms with E-state index in [9.17, 15) is 35.5 Å². The van der Waals surface area contributed by atoms with Crippen LogP contribution in [0, 0.1) is 0 Å². The van der Waals surface area contributed by atoms with Crippen LogP contribution < -0.4 is 10.6 Å². The average molecular weight is 515 g/mol. The topological polar surface area (TPSA) is 167 Å². The fraction of sp³-hybridized carbons (Fsp3) is 0.0435. The van der Waals surface area contributed by atoms with Crippen LogP contribution >= 0.6 is 0 Å². The van der Waals surface area contributed by atoms with Gasteiger partial charge in [0.05, 0.1) is 21.0 Å². The number of anilines is 3. The summed E-state index contributed by atoms with van der Waals surface area (Å²) in [6.07, 6.45) is 1.92. The fourth-order valence-electron chi connectivity index (χ4n) is 3.95. The summed E-state index contributed by atoms with van der Waals surface area (Å²) in [5.41, 5.74) is 2.48. The number of aldehydes is 1. The van der Waals surface area contributed by atoms with Crippen molar-refractivity contribution in [2.45, 2.75) is 9.79 Å². The van der Waals surface area contributed by atoms with Gasteiger partial charge in [0, 0.05) is 29.5 Å². The van der Waals surface area contributed by atoms with Gasteiger partial charge in [0.1, 0.15) is 6.29 Å². The molecule has 12 heteroatoms. The zero-order valence-electron chi connectivity index (χ0n) is 18.0. The molecule has 0 unspecified atom stereocenters. The van der Waals surface area contributed by atoms with Gasteiger partial charge in [-0.15, -0.1) is 0 Å². The number of allylic oxidation sites excluding steroid dienone is 1. The number of rotatable bonds is 6. The first-order valence-corrected chi connectivity index (χ1v) is 12.9. The molecule has 0 radical (unpaired) electrons. The van der Waals surface area contributed by atoms with Crippen molar-refractivity contribution in [1.82, 2.24) is 0 Å². The van der Waals surface area contributed by atoms with Gasteiger partial charge in [-0.3, -0.25) is 18.7 Å². The smallest absolute Gasteiger partial charge is 0.294 e. The van der Waals surface area contributed by atoms with E-state index in [1.165, 1.54) is 12.1 Å². The quantitative estimate of drug-likeness (QED) is 0.170. The molecule has 4 rings (SSSR count). The van der Waals surface area contributed by atoms with Crippen molar-refractivity contribution < 1.29 is 35.5 Å². The molecule has 0 spiro atoms. The summed E-state index contributed by atoms with van der Waals surface area (Å²) in [6, 6.07) is 12.3. The summed E-state index contributed by atoms with van der Waals surface area (Å²) in [7, 11) is -8.03. The van der Waals surface area contributed by atoms with Crippen molar-refractivity contribution in [2.24, 2.45) is 0 Å². The minimum Gasteiger partial charge on any atom is -0.388 e. The molecule has 0 amide bonds. The molecule has 0 saturated carbocycles. The van der Waals surface area contributed by atoms with Crippen LogP contribution in [-0.4, -0.2) is 45.1 Å². The van der Waals surface area contributed by atoms with Crippen molar-refractivity contribution in [2.75, 3.05) is 17.7 Å². The van der Waals surface area contributed by atoms with E-state index in [-0.39, 0.29) is 22.7 Å². The zero-order chi connectivity index (χ0) is 25.5. The first kappa shape index (κ1) is 24.3. The van der Waals surface area contributed by atoms with E-state index in [1.54, 1.807) is 37.4 Å². The second-order valence-corrected chi connectivity index (χ2v) is 10.4. The average Bonchev–Trinajstić information content (AvgIpc) is 2.80. The second-order valence-electron chi connectivity index (χ2n) is 7.52. The van der Waals surface area contributed by atoms with Gasteiger partial charge in [0.25, 0.3) is 20.2 Å². The largest absolute Gasteiger partial charge is 0.388 e. The Labute approximate surface area is 200 Å². The van der Waals surface area contributed by atoms with Crippen molar-refractivity contribution in [1.29, 1.82) is 0 Å². The molecule has 180 valence electrons. The molecule has 0 bridgehead atoms. The van der Waals surface area contributed by atoms with E-state index in [0.29, 0.717) is 40.3 Å². The Bertz CT molecular complexity index is 1590. The van der Waals surface area contributed by atoms with E-state index in [0.717, 1.165) is 12.1 Å². The Morgan fingerprint density at radius 3 is 1.91 bits per heavy atom. The highest BCUT2D eigenvalue weighted by Crippen LogP contribution is 2.43. The van der Waals surface area contributed by atoms with Crippen molar-refractivity contribution in [3.8, 4) is 0 Å². The minimum atomic E-state index is -4.84. The molecule has 1 aliphatic carbocycles. The summed E-state index contributed by atoms with van der Waals surface area (Å²) in [5, 5.41) is 5.80. The number of benzene rings is 3. The molecule has 0 aromatic heterocycles.